The number of hydrogen-bond acceptors (Lipinski definition) is 4. The van der Waals surface area contributed by atoms with Crippen molar-refractivity contribution in [3.8, 4) is 5.75 Å². The molecule has 1 fully saturated rings. The highest BCUT2D eigenvalue weighted by atomic mass is 35.5. The highest BCUT2D eigenvalue weighted by molar-refractivity contribution is 6.30. The maximum atomic E-state index is 12.1. The van der Waals surface area contributed by atoms with Crippen molar-refractivity contribution in [1.29, 1.82) is 0 Å². The summed E-state index contributed by atoms with van der Waals surface area (Å²) >= 11 is 5.91. The molecule has 0 spiro atoms. The van der Waals surface area contributed by atoms with Crippen molar-refractivity contribution in [1.82, 2.24) is 9.80 Å². The SMILES string of the molecule is C[C@H](O)c1cc(Cl)ccc1OCC(=O)N1CCN(C)CC1. The Morgan fingerprint density at radius 2 is 2.05 bits per heavy atom. The van der Waals surface area contributed by atoms with Crippen molar-refractivity contribution in [3.63, 3.8) is 0 Å². The molecule has 5 nitrogen and oxygen atoms in total. The lowest BCUT2D eigenvalue weighted by molar-refractivity contribution is -0.134. The first-order chi connectivity index (χ1) is 9.97. The zero-order chi connectivity index (χ0) is 15.4. The Morgan fingerprint density at radius 1 is 1.38 bits per heavy atom. The molecule has 0 unspecified atom stereocenters. The Bertz CT molecular complexity index is 500. The summed E-state index contributed by atoms with van der Waals surface area (Å²) in [6, 6.07) is 5.02. The monoisotopic (exact) mass is 312 g/mol. The van der Waals surface area contributed by atoms with E-state index in [2.05, 4.69) is 4.90 Å². The predicted molar refractivity (Wildman–Crippen MR) is 81.7 cm³/mol. The summed E-state index contributed by atoms with van der Waals surface area (Å²) in [6.07, 6.45) is -0.697. The summed E-state index contributed by atoms with van der Waals surface area (Å²) in [5.74, 6) is 0.464. The number of hydrogen-bond donors (Lipinski definition) is 1. The molecule has 0 aliphatic carbocycles. The van der Waals surface area contributed by atoms with Crippen LogP contribution in [0.3, 0.4) is 0 Å². The normalized spacial score (nSPS) is 17.6. The van der Waals surface area contributed by atoms with Crippen LogP contribution in [-0.4, -0.2) is 60.6 Å². The number of nitrogens with zero attached hydrogens (tertiary/aromatic N) is 2. The molecule has 21 heavy (non-hydrogen) atoms. The van der Waals surface area contributed by atoms with E-state index in [9.17, 15) is 9.90 Å². The number of amides is 1. The van der Waals surface area contributed by atoms with Gasteiger partial charge in [0.1, 0.15) is 5.75 Å². The Labute approximate surface area is 130 Å². The van der Waals surface area contributed by atoms with E-state index in [1.54, 1.807) is 30.0 Å². The lowest BCUT2D eigenvalue weighted by Gasteiger charge is -2.32. The van der Waals surface area contributed by atoms with Crippen LogP contribution in [0.4, 0.5) is 0 Å². The van der Waals surface area contributed by atoms with E-state index >= 15 is 0 Å². The first-order valence-electron chi connectivity index (χ1n) is 7.04. The molecule has 6 heteroatoms. The highest BCUT2D eigenvalue weighted by Gasteiger charge is 2.20. The van der Waals surface area contributed by atoms with E-state index in [-0.39, 0.29) is 12.5 Å². The minimum absolute atomic E-state index is 0.0228. The minimum atomic E-state index is -0.697. The Morgan fingerprint density at radius 3 is 2.67 bits per heavy atom. The van der Waals surface area contributed by atoms with Crippen LogP contribution < -0.4 is 4.74 Å². The quantitative estimate of drug-likeness (QED) is 0.916. The number of halogens is 1. The van der Waals surface area contributed by atoms with Crippen LogP contribution in [0.1, 0.15) is 18.6 Å². The second-order valence-electron chi connectivity index (χ2n) is 5.33. The van der Waals surface area contributed by atoms with Gasteiger partial charge in [0.2, 0.25) is 0 Å². The number of carbonyl (C=O) groups excluding carboxylic acids is 1. The Balaban J connectivity index is 1.95. The Hall–Kier alpha value is -1.30. The molecule has 1 heterocycles. The van der Waals surface area contributed by atoms with E-state index in [0.29, 0.717) is 16.3 Å². The van der Waals surface area contributed by atoms with Crippen LogP contribution in [0, 0.1) is 0 Å². The minimum Gasteiger partial charge on any atom is -0.483 e. The smallest absolute Gasteiger partial charge is 0.260 e. The highest BCUT2D eigenvalue weighted by Crippen LogP contribution is 2.28. The van der Waals surface area contributed by atoms with Crippen LogP contribution in [0.2, 0.25) is 5.02 Å². The van der Waals surface area contributed by atoms with Crippen molar-refractivity contribution in [2.75, 3.05) is 39.8 Å². The molecule has 1 aliphatic rings. The fourth-order valence-electron chi connectivity index (χ4n) is 2.26. The van der Waals surface area contributed by atoms with Gasteiger partial charge in [-0.3, -0.25) is 4.79 Å². The van der Waals surface area contributed by atoms with Gasteiger partial charge in [-0.15, -0.1) is 0 Å². The molecule has 1 amide bonds. The van der Waals surface area contributed by atoms with Crippen LogP contribution in [0.5, 0.6) is 5.75 Å². The lowest BCUT2D eigenvalue weighted by atomic mass is 10.1. The molecular formula is C15H21ClN2O3. The summed E-state index contributed by atoms with van der Waals surface area (Å²) in [7, 11) is 2.04. The molecule has 0 saturated carbocycles. The standard InChI is InChI=1S/C15H21ClN2O3/c1-11(19)13-9-12(16)3-4-14(13)21-10-15(20)18-7-5-17(2)6-8-18/h3-4,9,11,19H,5-8,10H2,1-2H3/t11-/m0/s1. The number of aliphatic hydroxyl groups excluding tert-OH is 1. The molecule has 0 bridgehead atoms. The summed E-state index contributed by atoms with van der Waals surface area (Å²) in [5.41, 5.74) is 0.591. The molecule has 1 aliphatic heterocycles. The van der Waals surface area contributed by atoms with Gasteiger partial charge in [-0.25, -0.2) is 0 Å². The van der Waals surface area contributed by atoms with Gasteiger partial charge in [0, 0.05) is 36.8 Å². The van der Waals surface area contributed by atoms with Crippen molar-refractivity contribution in [3.05, 3.63) is 28.8 Å². The van der Waals surface area contributed by atoms with E-state index in [1.165, 1.54) is 0 Å². The fraction of sp³-hybridized carbons (Fsp3) is 0.533. The second kappa shape index (κ2) is 7.11. The molecular weight excluding hydrogens is 292 g/mol. The van der Waals surface area contributed by atoms with Gasteiger partial charge < -0.3 is 19.6 Å². The molecule has 116 valence electrons. The van der Waals surface area contributed by atoms with Gasteiger partial charge in [0.15, 0.2) is 6.61 Å². The predicted octanol–water partition coefficient (Wildman–Crippen LogP) is 1.55. The third-order valence-corrected chi connectivity index (χ3v) is 3.86. The van der Waals surface area contributed by atoms with Crippen LogP contribution in [0.25, 0.3) is 0 Å². The van der Waals surface area contributed by atoms with Gasteiger partial charge >= 0.3 is 0 Å². The van der Waals surface area contributed by atoms with E-state index < -0.39 is 6.10 Å². The first kappa shape index (κ1) is 16.1. The number of ether oxygens (including phenoxy) is 1. The maximum absolute atomic E-state index is 12.1. The largest absolute Gasteiger partial charge is 0.483 e. The van der Waals surface area contributed by atoms with Gasteiger partial charge in [-0.1, -0.05) is 11.6 Å². The van der Waals surface area contributed by atoms with Gasteiger partial charge in [-0.05, 0) is 32.2 Å². The fourth-order valence-corrected chi connectivity index (χ4v) is 2.44. The topological polar surface area (TPSA) is 53.0 Å². The summed E-state index contributed by atoms with van der Waals surface area (Å²) in [6.45, 7) is 4.83. The average molecular weight is 313 g/mol. The van der Waals surface area contributed by atoms with E-state index in [1.807, 2.05) is 7.05 Å². The molecule has 1 atom stereocenters. The molecule has 1 aromatic rings. The summed E-state index contributed by atoms with van der Waals surface area (Å²) in [4.78, 5) is 16.1. The van der Waals surface area contributed by atoms with Gasteiger partial charge in [0.05, 0.1) is 6.10 Å². The van der Waals surface area contributed by atoms with E-state index in [0.717, 1.165) is 26.2 Å². The molecule has 2 rings (SSSR count). The number of benzene rings is 1. The van der Waals surface area contributed by atoms with Crippen molar-refractivity contribution in [2.24, 2.45) is 0 Å². The zero-order valence-electron chi connectivity index (χ0n) is 12.4. The van der Waals surface area contributed by atoms with Crippen LogP contribution >= 0.6 is 11.6 Å². The third kappa shape index (κ3) is 4.33. The van der Waals surface area contributed by atoms with Crippen LogP contribution in [-0.2, 0) is 4.79 Å². The zero-order valence-corrected chi connectivity index (χ0v) is 13.1. The van der Waals surface area contributed by atoms with Crippen molar-refractivity contribution < 1.29 is 14.6 Å². The maximum Gasteiger partial charge on any atom is 0.260 e. The first-order valence-corrected chi connectivity index (χ1v) is 7.42. The number of piperazine rings is 1. The van der Waals surface area contributed by atoms with Gasteiger partial charge in [-0.2, -0.15) is 0 Å². The average Bonchev–Trinajstić information content (AvgIpc) is 2.46. The summed E-state index contributed by atoms with van der Waals surface area (Å²) < 4.78 is 5.57. The second-order valence-corrected chi connectivity index (χ2v) is 5.77. The van der Waals surface area contributed by atoms with Crippen molar-refractivity contribution in [2.45, 2.75) is 13.0 Å². The Kier molecular flexibility index (Phi) is 5.45. The number of carbonyl (C=O) groups is 1. The molecule has 0 aromatic heterocycles. The third-order valence-electron chi connectivity index (χ3n) is 3.63. The molecule has 1 aromatic carbocycles. The van der Waals surface area contributed by atoms with Gasteiger partial charge in [0.25, 0.3) is 5.91 Å². The lowest BCUT2D eigenvalue weighted by Crippen LogP contribution is -2.48. The van der Waals surface area contributed by atoms with Crippen molar-refractivity contribution >= 4 is 17.5 Å². The molecule has 1 saturated heterocycles. The summed E-state index contributed by atoms with van der Waals surface area (Å²) in [5, 5.41) is 10.3. The van der Waals surface area contributed by atoms with Crippen LogP contribution in [0.15, 0.2) is 18.2 Å². The van der Waals surface area contributed by atoms with E-state index in [4.69, 9.17) is 16.3 Å². The number of aliphatic hydroxyl groups is 1. The number of rotatable bonds is 4. The number of likely N-dealkylation sites (N-methyl/N-ethyl adjacent to an activating group) is 1. The molecule has 0 radical (unpaired) electrons. The molecule has 1 N–H and O–H groups in total.